The summed E-state index contributed by atoms with van der Waals surface area (Å²) in [6, 6.07) is 4.87. The van der Waals surface area contributed by atoms with E-state index >= 15 is 0 Å². The molecule has 2 nitrogen and oxygen atoms in total. The maximum Gasteiger partial charge on any atom is 0.165 e. The van der Waals surface area contributed by atoms with E-state index in [4.69, 9.17) is 10.5 Å². The number of hydrogen-bond donors (Lipinski definition) is 1. The van der Waals surface area contributed by atoms with Gasteiger partial charge in [0.05, 0.1) is 7.11 Å². The van der Waals surface area contributed by atoms with Crippen LogP contribution >= 0.6 is 0 Å². The Morgan fingerprint density at radius 2 is 1.75 bits per heavy atom. The average molecular weight is 281 g/mol. The van der Waals surface area contributed by atoms with Crippen molar-refractivity contribution < 1.29 is 9.13 Å². The van der Waals surface area contributed by atoms with E-state index in [1.54, 1.807) is 12.1 Å². The molecule has 1 unspecified atom stereocenters. The number of unbranched alkanes of at least 4 members (excludes halogenated alkanes) is 6. The summed E-state index contributed by atoms with van der Waals surface area (Å²) < 4.78 is 18.3. The van der Waals surface area contributed by atoms with E-state index in [1.165, 1.54) is 51.7 Å². The van der Waals surface area contributed by atoms with Crippen molar-refractivity contribution in [3.05, 3.63) is 29.6 Å². The summed E-state index contributed by atoms with van der Waals surface area (Å²) in [4.78, 5) is 0. The van der Waals surface area contributed by atoms with E-state index < -0.39 is 0 Å². The van der Waals surface area contributed by atoms with Crippen LogP contribution in [0.3, 0.4) is 0 Å². The van der Waals surface area contributed by atoms with Crippen molar-refractivity contribution in [2.75, 3.05) is 7.11 Å². The van der Waals surface area contributed by atoms with Gasteiger partial charge in [-0.05, 0) is 24.1 Å². The van der Waals surface area contributed by atoms with Crippen molar-refractivity contribution in [2.45, 2.75) is 64.3 Å². The monoisotopic (exact) mass is 281 g/mol. The molecule has 1 aromatic carbocycles. The molecule has 0 fully saturated rings. The molecule has 1 aromatic rings. The highest BCUT2D eigenvalue weighted by molar-refractivity contribution is 5.31. The quantitative estimate of drug-likeness (QED) is 0.614. The molecule has 0 amide bonds. The third kappa shape index (κ3) is 5.91. The number of benzene rings is 1. The highest BCUT2D eigenvalue weighted by atomic mass is 19.1. The van der Waals surface area contributed by atoms with Crippen LogP contribution < -0.4 is 10.5 Å². The topological polar surface area (TPSA) is 35.2 Å². The van der Waals surface area contributed by atoms with Crippen LogP contribution in [0.4, 0.5) is 4.39 Å². The Hall–Kier alpha value is -1.09. The molecule has 0 aliphatic rings. The standard InChI is InChI=1S/C17H28FNO/c1-3-4-5-6-7-8-9-10-16(19)14-11-12-15(18)17(13-14)20-2/h11-13,16H,3-10,19H2,1-2H3. The second-order valence-corrected chi connectivity index (χ2v) is 5.41. The van der Waals surface area contributed by atoms with E-state index in [0.29, 0.717) is 0 Å². The van der Waals surface area contributed by atoms with Crippen molar-refractivity contribution in [2.24, 2.45) is 5.73 Å². The van der Waals surface area contributed by atoms with Gasteiger partial charge < -0.3 is 10.5 Å². The second kappa shape index (κ2) is 9.76. The summed E-state index contributed by atoms with van der Waals surface area (Å²) in [5, 5.41) is 0. The number of ether oxygens (including phenoxy) is 1. The van der Waals surface area contributed by atoms with Crippen LogP contribution in [0.5, 0.6) is 5.75 Å². The summed E-state index contributed by atoms with van der Waals surface area (Å²) in [5.74, 6) is -0.0584. The maximum atomic E-state index is 13.3. The van der Waals surface area contributed by atoms with Crippen molar-refractivity contribution in [3.8, 4) is 5.75 Å². The molecule has 0 radical (unpaired) electrons. The summed E-state index contributed by atoms with van der Waals surface area (Å²) in [5.41, 5.74) is 7.11. The van der Waals surface area contributed by atoms with Gasteiger partial charge in [0, 0.05) is 6.04 Å². The van der Waals surface area contributed by atoms with Crippen molar-refractivity contribution in [1.82, 2.24) is 0 Å². The highest BCUT2D eigenvalue weighted by Crippen LogP contribution is 2.24. The molecule has 114 valence electrons. The van der Waals surface area contributed by atoms with Gasteiger partial charge in [0.1, 0.15) is 0 Å². The number of rotatable bonds is 10. The van der Waals surface area contributed by atoms with Crippen LogP contribution in [0.1, 0.15) is 69.9 Å². The molecule has 0 spiro atoms. The molecule has 0 bridgehead atoms. The summed E-state index contributed by atoms with van der Waals surface area (Å²) in [6.45, 7) is 2.23. The molecule has 0 saturated heterocycles. The zero-order valence-corrected chi connectivity index (χ0v) is 12.8. The molecule has 0 aliphatic heterocycles. The molecular formula is C17H28FNO. The van der Waals surface area contributed by atoms with Gasteiger partial charge in [0.15, 0.2) is 11.6 Å². The van der Waals surface area contributed by atoms with E-state index in [0.717, 1.165) is 18.4 Å². The first kappa shape index (κ1) is 17.0. The van der Waals surface area contributed by atoms with Crippen LogP contribution in [0.15, 0.2) is 18.2 Å². The summed E-state index contributed by atoms with van der Waals surface area (Å²) >= 11 is 0. The lowest BCUT2D eigenvalue weighted by Crippen LogP contribution is -2.10. The van der Waals surface area contributed by atoms with Crippen LogP contribution in [0.2, 0.25) is 0 Å². The van der Waals surface area contributed by atoms with Crippen LogP contribution in [-0.4, -0.2) is 7.11 Å². The van der Waals surface area contributed by atoms with E-state index in [2.05, 4.69) is 6.92 Å². The van der Waals surface area contributed by atoms with Crippen LogP contribution in [0.25, 0.3) is 0 Å². The lowest BCUT2D eigenvalue weighted by Gasteiger charge is -2.13. The molecular weight excluding hydrogens is 253 g/mol. The fraction of sp³-hybridized carbons (Fsp3) is 0.647. The van der Waals surface area contributed by atoms with E-state index in [9.17, 15) is 4.39 Å². The largest absolute Gasteiger partial charge is 0.494 e. The third-order valence-corrected chi connectivity index (χ3v) is 3.72. The molecule has 0 aliphatic carbocycles. The second-order valence-electron chi connectivity index (χ2n) is 5.41. The Morgan fingerprint density at radius 1 is 1.10 bits per heavy atom. The van der Waals surface area contributed by atoms with Gasteiger partial charge in [-0.2, -0.15) is 0 Å². The number of nitrogens with two attached hydrogens (primary N) is 1. The lowest BCUT2D eigenvalue weighted by molar-refractivity contribution is 0.385. The fourth-order valence-corrected chi connectivity index (χ4v) is 2.40. The van der Waals surface area contributed by atoms with E-state index in [-0.39, 0.29) is 17.6 Å². The van der Waals surface area contributed by atoms with Gasteiger partial charge in [-0.3, -0.25) is 0 Å². The number of halogens is 1. The predicted octanol–water partition coefficient (Wildman–Crippen LogP) is 4.97. The van der Waals surface area contributed by atoms with Crippen molar-refractivity contribution in [3.63, 3.8) is 0 Å². The van der Waals surface area contributed by atoms with Gasteiger partial charge in [-0.1, -0.05) is 57.9 Å². The summed E-state index contributed by atoms with van der Waals surface area (Å²) in [6.07, 6.45) is 9.90. The minimum atomic E-state index is -0.334. The predicted molar refractivity (Wildman–Crippen MR) is 82.5 cm³/mol. The van der Waals surface area contributed by atoms with Gasteiger partial charge >= 0.3 is 0 Å². The first-order chi connectivity index (χ1) is 9.69. The van der Waals surface area contributed by atoms with Crippen molar-refractivity contribution in [1.29, 1.82) is 0 Å². The Kier molecular flexibility index (Phi) is 8.28. The molecule has 1 rings (SSSR count). The minimum absolute atomic E-state index is 0.0276. The van der Waals surface area contributed by atoms with Crippen LogP contribution in [-0.2, 0) is 0 Å². The Morgan fingerprint density at radius 3 is 2.40 bits per heavy atom. The van der Waals surface area contributed by atoms with Gasteiger partial charge in [-0.25, -0.2) is 4.39 Å². The Balaban J connectivity index is 2.27. The minimum Gasteiger partial charge on any atom is -0.494 e. The third-order valence-electron chi connectivity index (χ3n) is 3.72. The molecule has 0 heterocycles. The zero-order chi connectivity index (χ0) is 14.8. The summed E-state index contributed by atoms with van der Waals surface area (Å²) in [7, 11) is 1.48. The molecule has 0 aromatic heterocycles. The number of methoxy groups -OCH3 is 1. The van der Waals surface area contributed by atoms with Crippen molar-refractivity contribution >= 4 is 0 Å². The molecule has 0 saturated carbocycles. The molecule has 2 N–H and O–H groups in total. The molecule has 3 heteroatoms. The SMILES string of the molecule is CCCCCCCCCC(N)c1ccc(F)c(OC)c1. The maximum absolute atomic E-state index is 13.3. The molecule has 1 atom stereocenters. The first-order valence-corrected chi connectivity index (χ1v) is 7.78. The number of hydrogen-bond acceptors (Lipinski definition) is 2. The molecule has 20 heavy (non-hydrogen) atoms. The van der Waals surface area contributed by atoms with Gasteiger partial charge in [0.2, 0.25) is 0 Å². The normalized spacial score (nSPS) is 12.4. The van der Waals surface area contributed by atoms with Crippen LogP contribution in [0, 0.1) is 5.82 Å². The smallest absolute Gasteiger partial charge is 0.165 e. The Labute approximate surface area is 122 Å². The van der Waals surface area contributed by atoms with Gasteiger partial charge in [-0.15, -0.1) is 0 Å². The Bertz CT molecular complexity index is 381. The van der Waals surface area contributed by atoms with E-state index in [1.807, 2.05) is 0 Å². The zero-order valence-electron chi connectivity index (χ0n) is 12.8. The fourth-order valence-electron chi connectivity index (χ4n) is 2.40. The van der Waals surface area contributed by atoms with Gasteiger partial charge in [0.25, 0.3) is 0 Å². The average Bonchev–Trinajstić information content (AvgIpc) is 2.46. The first-order valence-electron chi connectivity index (χ1n) is 7.78. The highest BCUT2D eigenvalue weighted by Gasteiger charge is 2.09. The lowest BCUT2D eigenvalue weighted by atomic mass is 10.00.